The predicted octanol–water partition coefficient (Wildman–Crippen LogP) is 2.40. The number of alkyl halides is 2. The molecule has 1 saturated carbocycles. The van der Waals surface area contributed by atoms with Crippen LogP contribution < -0.4 is 5.32 Å². The number of urea groups is 1. The molecule has 1 saturated heterocycles. The van der Waals surface area contributed by atoms with Crippen LogP contribution in [0.15, 0.2) is 29.2 Å². The van der Waals surface area contributed by atoms with Crippen molar-refractivity contribution >= 4 is 27.5 Å². The summed E-state index contributed by atoms with van der Waals surface area (Å²) in [5.41, 5.74) is -0.656. The first-order valence-corrected chi connectivity index (χ1v) is 9.63. The molecule has 0 unspecified atom stereocenters. The average molecular weight is 388 g/mol. The van der Waals surface area contributed by atoms with Crippen molar-refractivity contribution in [3.63, 3.8) is 0 Å². The Morgan fingerprint density at radius 2 is 1.92 bits per heavy atom. The van der Waals surface area contributed by atoms with E-state index in [0.717, 1.165) is 25.0 Å². The summed E-state index contributed by atoms with van der Waals surface area (Å²) in [6, 6.07) is 3.93. The number of nitrogens with zero attached hydrogens (tertiary/aromatic N) is 1. The Morgan fingerprint density at radius 1 is 1.27 bits per heavy atom. The molecule has 10 heteroatoms. The molecule has 2 fully saturated rings. The first-order chi connectivity index (χ1) is 12.2. The number of carboxylic acid groups (broad SMARTS) is 1. The summed E-state index contributed by atoms with van der Waals surface area (Å²) in [4.78, 5) is 24.9. The minimum absolute atomic E-state index is 0.0793. The third kappa shape index (κ3) is 3.02. The molecule has 142 valence electrons. The normalized spacial score (nSPS) is 25.3. The first-order valence-electron chi connectivity index (χ1n) is 8.08. The highest BCUT2D eigenvalue weighted by Crippen LogP contribution is 2.48. The van der Waals surface area contributed by atoms with E-state index in [9.17, 15) is 31.9 Å². The molecule has 2 N–H and O–H groups in total. The highest BCUT2D eigenvalue weighted by atomic mass is 32.2. The van der Waals surface area contributed by atoms with E-state index in [-0.39, 0.29) is 18.2 Å². The number of anilines is 1. The van der Waals surface area contributed by atoms with Crippen LogP contribution in [0.5, 0.6) is 0 Å². The number of likely N-dealkylation sites (tertiary alicyclic amines) is 1. The van der Waals surface area contributed by atoms with Gasteiger partial charge in [-0.25, -0.2) is 13.2 Å². The van der Waals surface area contributed by atoms with Gasteiger partial charge in [0.15, 0.2) is 0 Å². The maximum atomic E-state index is 12.5. The Morgan fingerprint density at radius 3 is 2.46 bits per heavy atom. The van der Waals surface area contributed by atoms with Gasteiger partial charge >= 0.3 is 17.8 Å². The lowest BCUT2D eigenvalue weighted by atomic mass is 9.81. The van der Waals surface area contributed by atoms with Gasteiger partial charge < -0.3 is 15.3 Å². The van der Waals surface area contributed by atoms with Gasteiger partial charge in [-0.2, -0.15) is 8.78 Å². The van der Waals surface area contributed by atoms with Crippen molar-refractivity contribution in [3.05, 3.63) is 24.3 Å². The molecule has 1 heterocycles. The summed E-state index contributed by atoms with van der Waals surface area (Å²) in [7, 11) is -4.69. The van der Waals surface area contributed by atoms with Crippen LogP contribution in [-0.2, 0) is 14.6 Å². The van der Waals surface area contributed by atoms with E-state index in [1.807, 2.05) is 0 Å². The van der Waals surface area contributed by atoms with Crippen molar-refractivity contribution < 1.29 is 31.9 Å². The number of amides is 2. The van der Waals surface area contributed by atoms with E-state index >= 15 is 0 Å². The van der Waals surface area contributed by atoms with E-state index in [1.165, 1.54) is 17.0 Å². The fourth-order valence-electron chi connectivity index (χ4n) is 3.83. The molecule has 1 aromatic rings. The van der Waals surface area contributed by atoms with Gasteiger partial charge in [-0.1, -0.05) is 6.42 Å². The van der Waals surface area contributed by atoms with Crippen molar-refractivity contribution in [1.29, 1.82) is 0 Å². The van der Waals surface area contributed by atoms with Crippen molar-refractivity contribution in [2.45, 2.75) is 29.9 Å². The molecule has 2 atom stereocenters. The van der Waals surface area contributed by atoms with Crippen LogP contribution in [0.2, 0.25) is 0 Å². The number of hydrogen-bond acceptors (Lipinski definition) is 4. The monoisotopic (exact) mass is 388 g/mol. The zero-order valence-electron chi connectivity index (χ0n) is 13.7. The zero-order valence-corrected chi connectivity index (χ0v) is 14.5. The predicted molar refractivity (Wildman–Crippen MR) is 87.6 cm³/mol. The second-order valence-corrected chi connectivity index (χ2v) is 8.61. The Hall–Kier alpha value is -2.23. The van der Waals surface area contributed by atoms with Gasteiger partial charge in [0.05, 0.1) is 10.3 Å². The number of aliphatic carboxylic acids is 1. The fourth-order valence-corrected chi connectivity index (χ4v) is 4.55. The van der Waals surface area contributed by atoms with Gasteiger partial charge in [-0.05, 0) is 43.0 Å². The molecule has 0 spiro atoms. The third-order valence-electron chi connectivity index (χ3n) is 5.25. The Labute approximate surface area is 148 Å². The minimum Gasteiger partial charge on any atom is -0.481 e. The van der Waals surface area contributed by atoms with Gasteiger partial charge in [-0.15, -0.1) is 0 Å². The summed E-state index contributed by atoms with van der Waals surface area (Å²) in [5, 5.41) is 12.1. The van der Waals surface area contributed by atoms with E-state index in [1.54, 1.807) is 0 Å². The van der Waals surface area contributed by atoms with Gasteiger partial charge in [0.2, 0.25) is 9.84 Å². The number of rotatable bonds is 4. The van der Waals surface area contributed by atoms with Crippen LogP contribution in [0.1, 0.15) is 19.3 Å². The van der Waals surface area contributed by atoms with Crippen LogP contribution >= 0.6 is 0 Å². The van der Waals surface area contributed by atoms with Crippen LogP contribution in [0, 0.1) is 11.3 Å². The molecule has 1 aliphatic carbocycles. The second kappa shape index (κ2) is 6.49. The number of fused-ring (bicyclic) bond motifs is 1. The highest BCUT2D eigenvalue weighted by Gasteiger charge is 2.55. The van der Waals surface area contributed by atoms with Gasteiger partial charge in [0.1, 0.15) is 0 Å². The third-order valence-corrected chi connectivity index (χ3v) is 6.65. The van der Waals surface area contributed by atoms with Crippen molar-refractivity contribution in [2.24, 2.45) is 11.3 Å². The van der Waals surface area contributed by atoms with Crippen LogP contribution in [0.25, 0.3) is 0 Å². The standard InChI is InChI=1S/C16H18F2N2O5S/c17-14(18)26(24,25)12-5-3-11(4-6-12)19-15(23)20-8-10-2-1-7-16(10,9-20)13(21)22/h3-6,10,14H,1-2,7-9H2,(H,19,23)(H,21,22)/t10-,16+/m0/s1. The van der Waals surface area contributed by atoms with Gasteiger partial charge in [0, 0.05) is 18.8 Å². The van der Waals surface area contributed by atoms with E-state index in [0.29, 0.717) is 13.0 Å². The van der Waals surface area contributed by atoms with Gasteiger partial charge in [-0.3, -0.25) is 4.79 Å². The molecule has 0 radical (unpaired) electrons. The van der Waals surface area contributed by atoms with Crippen LogP contribution in [0.3, 0.4) is 0 Å². The molecule has 1 aliphatic heterocycles. The molecule has 1 aromatic carbocycles. The molecule has 7 nitrogen and oxygen atoms in total. The van der Waals surface area contributed by atoms with Crippen molar-refractivity contribution in [1.82, 2.24) is 4.90 Å². The van der Waals surface area contributed by atoms with Crippen molar-refractivity contribution in [2.75, 3.05) is 18.4 Å². The number of hydrogen-bond donors (Lipinski definition) is 2. The maximum Gasteiger partial charge on any atom is 0.341 e. The number of halogens is 2. The minimum atomic E-state index is -4.69. The lowest BCUT2D eigenvalue weighted by Crippen LogP contribution is -2.38. The Balaban J connectivity index is 1.69. The summed E-state index contributed by atoms with van der Waals surface area (Å²) < 4.78 is 47.8. The Bertz CT molecular complexity index is 828. The lowest BCUT2D eigenvalue weighted by Gasteiger charge is -2.23. The van der Waals surface area contributed by atoms with Crippen LogP contribution in [-0.4, -0.2) is 49.3 Å². The molecule has 2 amide bonds. The van der Waals surface area contributed by atoms with Crippen molar-refractivity contribution in [3.8, 4) is 0 Å². The Kier molecular flexibility index (Phi) is 4.63. The smallest absolute Gasteiger partial charge is 0.341 e. The fraction of sp³-hybridized carbons (Fsp3) is 0.500. The maximum absolute atomic E-state index is 12.5. The number of carboxylic acids is 1. The average Bonchev–Trinajstić information content (AvgIpc) is 3.13. The number of carbonyl (C=O) groups excluding carboxylic acids is 1. The molecule has 0 bridgehead atoms. The number of carbonyl (C=O) groups is 2. The van der Waals surface area contributed by atoms with Crippen LogP contribution in [0.4, 0.5) is 19.3 Å². The summed E-state index contributed by atoms with van der Waals surface area (Å²) >= 11 is 0. The molecular weight excluding hydrogens is 370 g/mol. The first kappa shape index (κ1) is 18.6. The molecular formula is C16H18F2N2O5S. The number of benzene rings is 1. The van der Waals surface area contributed by atoms with E-state index in [4.69, 9.17) is 0 Å². The molecule has 0 aromatic heterocycles. The summed E-state index contributed by atoms with van der Waals surface area (Å²) in [6.07, 6.45) is 2.12. The van der Waals surface area contributed by atoms with E-state index < -0.39 is 37.9 Å². The summed E-state index contributed by atoms with van der Waals surface area (Å²) in [6.45, 7) is 0.465. The lowest BCUT2D eigenvalue weighted by molar-refractivity contribution is -0.149. The molecule has 3 rings (SSSR count). The van der Waals surface area contributed by atoms with E-state index in [2.05, 4.69) is 5.32 Å². The largest absolute Gasteiger partial charge is 0.481 e. The quantitative estimate of drug-likeness (QED) is 0.824. The zero-order chi connectivity index (χ0) is 19.1. The molecule has 2 aliphatic rings. The number of sulfone groups is 1. The topological polar surface area (TPSA) is 104 Å². The SMILES string of the molecule is O=C(Nc1ccc(S(=O)(=O)C(F)F)cc1)N1C[C@@H]2CCC[C@@]2(C(=O)O)C1. The van der Waals surface area contributed by atoms with Gasteiger partial charge in [0.25, 0.3) is 0 Å². The summed E-state index contributed by atoms with van der Waals surface area (Å²) in [5.74, 6) is -4.49. The second-order valence-electron chi connectivity index (χ2n) is 6.69. The molecule has 26 heavy (non-hydrogen) atoms. The highest BCUT2D eigenvalue weighted by molar-refractivity contribution is 7.91. The number of nitrogens with one attached hydrogen (secondary N) is 1.